The Morgan fingerprint density at radius 3 is 2.82 bits per heavy atom. The van der Waals surface area contributed by atoms with Crippen molar-refractivity contribution in [2.45, 2.75) is 63.7 Å². The molecular formula is C14H25NO2. The lowest BCUT2D eigenvalue weighted by Gasteiger charge is -2.61. The molecule has 3 heteroatoms. The van der Waals surface area contributed by atoms with E-state index >= 15 is 0 Å². The molecule has 3 atom stereocenters. The van der Waals surface area contributed by atoms with Crippen LogP contribution in [0, 0.1) is 5.41 Å². The third-order valence-corrected chi connectivity index (χ3v) is 5.05. The highest BCUT2D eigenvalue weighted by Gasteiger charge is 2.58. The molecule has 0 aromatic rings. The molecule has 3 rings (SSSR count). The topological polar surface area (TPSA) is 30.5 Å². The molecule has 0 radical (unpaired) electrons. The Bertz CT molecular complexity index is 259. The van der Waals surface area contributed by atoms with Gasteiger partial charge in [0.25, 0.3) is 0 Å². The van der Waals surface area contributed by atoms with E-state index in [2.05, 4.69) is 12.2 Å². The van der Waals surface area contributed by atoms with Crippen molar-refractivity contribution in [3.05, 3.63) is 0 Å². The van der Waals surface area contributed by atoms with E-state index in [9.17, 15) is 0 Å². The summed E-state index contributed by atoms with van der Waals surface area (Å²) in [6.45, 7) is 4.99. The molecular weight excluding hydrogens is 214 g/mol. The molecule has 2 aliphatic carbocycles. The Balaban J connectivity index is 1.48. The normalized spacial score (nSPS) is 39.0. The predicted octanol–water partition coefficient (Wildman–Crippen LogP) is 2.10. The first-order valence-corrected chi connectivity index (χ1v) is 7.32. The van der Waals surface area contributed by atoms with Crippen LogP contribution in [0.1, 0.15) is 45.4 Å². The molecule has 1 N–H and O–H groups in total. The maximum Gasteiger partial charge on any atom is 0.0700 e. The smallest absolute Gasteiger partial charge is 0.0700 e. The summed E-state index contributed by atoms with van der Waals surface area (Å²) in [5.74, 6) is 0. The fourth-order valence-corrected chi connectivity index (χ4v) is 3.80. The summed E-state index contributed by atoms with van der Waals surface area (Å²) in [5.41, 5.74) is 0.495. The van der Waals surface area contributed by atoms with Crippen LogP contribution in [-0.4, -0.2) is 38.0 Å². The second kappa shape index (κ2) is 4.87. The number of ether oxygens (including phenoxy) is 2. The minimum Gasteiger partial charge on any atom is -0.378 e. The first kappa shape index (κ1) is 11.9. The molecule has 2 saturated carbocycles. The molecule has 1 saturated heterocycles. The zero-order valence-electron chi connectivity index (χ0n) is 10.9. The van der Waals surface area contributed by atoms with Gasteiger partial charge in [-0.1, -0.05) is 6.42 Å². The monoisotopic (exact) mass is 239 g/mol. The van der Waals surface area contributed by atoms with Crippen LogP contribution in [0.5, 0.6) is 0 Å². The molecule has 1 aliphatic heterocycles. The Hall–Kier alpha value is -0.120. The number of nitrogens with one attached hydrogen (secondary N) is 1. The van der Waals surface area contributed by atoms with E-state index in [0.29, 0.717) is 23.7 Å². The molecule has 98 valence electrons. The van der Waals surface area contributed by atoms with Gasteiger partial charge in [0.05, 0.1) is 12.2 Å². The van der Waals surface area contributed by atoms with Crippen molar-refractivity contribution in [3.8, 4) is 0 Å². The van der Waals surface area contributed by atoms with Crippen molar-refractivity contribution < 1.29 is 9.47 Å². The van der Waals surface area contributed by atoms with Gasteiger partial charge in [-0.2, -0.15) is 0 Å². The molecule has 3 unspecified atom stereocenters. The van der Waals surface area contributed by atoms with E-state index < -0.39 is 0 Å². The van der Waals surface area contributed by atoms with E-state index in [1.165, 1.54) is 38.5 Å². The average molecular weight is 239 g/mol. The van der Waals surface area contributed by atoms with Crippen LogP contribution < -0.4 is 5.32 Å². The average Bonchev–Trinajstić information content (AvgIpc) is 2.72. The Morgan fingerprint density at radius 2 is 2.24 bits per heavy atom. The highest BCUT2D eigenvalue weighted by Crippen LogP contribution is 2.57. The second-order valence-electron chi connectivity index (χ2n) is 5.86. The van der Waals surface area contributed by atoms with Crippen LogP contribution >= 0.6 is 0 Å². The molecule has 0 aromatic heterocycles. The lowest BCUT2D eigenvalue weighted by atomic mass is 9.51. The summed E-state index contributed by atoms with van der Waals surface area (Å²) < 4.78 is 11.5. The number of hydrogen-bond acceptors (Lipinski definition) is 3. The largest absolute Gasteiger partial charge is 0.378 e. The Morgan fingerprint density at radius 1 is 1.35 bits per heavy atom. The van der Waals surface area contributed by atoms with E-state index in [-0.39, 0.29) is 0 Å². The van der Waals surface area contributed by atoms with Gasteiger partial charge in [-0.25, -0.2) is 0 Å². The summed E-state index contributed by atoms with van der Waals surface area (Å²) in [6.07, 6.45) is 8.80. The van der Waals surface area contributed by atoms with Crippen molar-refractivity contribution in [3.63, 3.8) is 0 Å². The van der Waals surface area contributed by atoms with Crippen LogP contribution in [0.3, 0.4) is 0 Å². The number of hydrogen-bond donors (Lipinski definition) is 1. The highest BCUT2D eigenvalue weighted by atomic mass is 16.5. The van der Waals surface area contributed by atoms with E-state index in [4.69, 9.17) is 9.47 Å². The van der Waals surface area contributed by atoms with Crippen LogP contribution in [-0.2, 0) is 9.47 Å². The van der Waals surface area contributed by atoms with Crippen molar-refractivity contribution >= 4 is 0 Å². The van der Waals surface area contributed by atoms with Gasteiger partial charge in [0, 0.05) is 31.2 Å². The maximum atomic E-state index is 5.87. The fraction of sp³-hybridized carbons (Fsp3) is 1.00. The highest BCUT2D eigenvalue weighted by molar-refractivity contribution is 5.12. The molecule has 1 heterocycles. The van der Waals surface area contributed by atoms with E-state index in [1.54, 1.807) is 0 Å². The van der Waals surface area contributed by atoms with Gasteiger partial charge in [0.1, 0.15) is 0 Å². The first-order valence-electron chi connectivity index (χ1n) is 7.32. The van der Waals surface area contributed by atoms with Gasteiger partial charge in [0.15, 0.2) is 0 Å². The lowest BCUT2D eigenvalue weighted by Crippen LogP contribution is -2.67. The summed E-state index contributed by atoms with van der Waals surface area (Å²) in [5, 5.41) is 3.74. The SMILES string of the molecule is CCOC1CC(NCC2CCCO2)C12CCC2. The van der Waals surface area contributed by atoms with Crippen LogP contribution in [0.15, 0.2) is 0 Å². The second-order valence-corrected chi connectivity index (χ2v) is 5.86. The summed E-state index contributed by atoms with van der Waals surface area (Å²) in [4.78, 5) is 0. The summed E-state index contributed by atoms with van der Waals surface area (Å²) in [6, 6.07) is 0.692. The zero-order chi connectivity index (χ0) is 11.7. The van der Waals surface area contributed by atoms with Crippen LogP contribution in [0.2, 0.25) is 0 Å². The van der Waals surface area contributed by atoms with Gasteiger partial charge < -0.3 is 14.8 Å². The predicted molar refractivity (Wildman–Crippen MR) is 67.1 cm³/mol. The van der Waals surface area contributed by atoms with Crippen molar-refractivity contribution in [1.29, 1.82) is 0 Å². The molecule has 0 bridgehead atoms. The third kappa shape index (κ3) is 2.02. The van der Waals surface area contributed by atoms with Crippen LogP contribution in [0.25, 0.3) is 0 Å². The van der Waals surface area contributed by atoms with Gasteiger partial charge in [0.2, 0.25) is 0 Å². The molecule has 3 aliphatic rings. The van der Waals surface area contributed by atoms with Crippen molar-refractivity contribution in [2.75, 3.05) is 19.8 Å². The van der Waals surface area contributed by atoms with Gasteiger partial charge >= 0.3 is 0 Å². The third-order valence-electron chi connectivity index (χ3n) is 5.05. The molecule has 1 spiro atoms. The van der Waals surface area contributed by atoms with E-state index in [1.807, 2.05) is 0 Å². The zero-order valence-corrected chi connectivity index (χ0v) is 10.9. The maximum absolute atomic E-state index is 5.87. The van der Waals surface area contributed by atoms with Crippen LogP contribution in [0.4, 0.5) is 0 Å². The summed E-state index contributed by atoms with van der Waals surface area (Å²) >= 11 is 0. The first-order chi connectivity index (χ1) is 8.35. The van der Waals surface area contributed by atoms with Gasteiger partial charge in [-0.3, -0.25) is 0 Å². The van der Waals surface area contributed by atoms with Gasteiger partial charge in [-0.15, -0.1) is 0 Å². The molecule has 0 aromatic carbocycles. The fourth-order valence-electron chi connectivity index (χ4n) is 3.80. The lowest BCUT2D eigenvalue weighted by molar-refractivity contribution is -0.173. The molecule has 17 heavy (non-hydrogen) atoms. The Kier molecular flexibility index (Phi) is 3.42. The standard InChI is InChI=1S/C14H25NO2/c1-2-16-13-9-12(14(13)6-4-7-14)15-10-11-5-3-8-17-11/h11-13,15H,2-10H2,1H3. The molecule has 3 nitrogen and oxygen atoms in total. The summed E-state index contributed by atoms with van der Waals surface area (Å²) in [7, 11) is 0. The van der Waals surface area contributed by atoms with Gasteiger partial charge in [-0.05, 0) is 39.0 Å². The molecule has 0 amide bonds. The number of rotatable bonds is 5. The van der Waals surface area contributed by atoms with Crippen molar-refractivity contribution in [2.24, 2.45) is 5.41 Å². The minimum absolute atomic E-state index is 0.471. The molecule has 3 fully saturated rings. The quantitative estimate of drug-likeness (QED) is 0.797. The van der Waals surface area contributed by atoms with E-state index in [0.717, 1.165) is 19.8 Å². The Labute approximate surface area is 104 Å². The minimum atomic E-state index is 0.471. The van der Waals surface area contributed by atoms with Crippen molar-refractivity contribution in [1.82, 2.24) is 5.32 Å².